The van der Waals surface area contributed by atoms with Crippen LogP contribution in [-0.4, -0.2) is 21.9 Å². The van der Waals surface area contributed by atoms with Crippen LogP contribution in [-0.2, 0) is 7.05 Å². The molecule has 26 heavy (non-hydrogen) atoms. The Morgan fingerprint density at radius 3 is 2.27 bits per heavy atom. The van der Waals surface area contributed by atoms with E-state index in [0.29, 0.717) is 16.3 Å². The van der Waals surface area contributed by atoms with Crippen LogP contribution in [0.25, 0.3) is 27.1 Å². The molecule has 0 unspecified atom stereocenters. The van der Waals surface area contributed by atoms with Crippen LogP contribution in [0.4, 0.5) is 5.69 Å². The predicted molar refractivity (Wildman–Crippen MR) is 106 cm³/mol. The Hall–Kier alpha value is -2.97. The van der Waals surface area contributed by atoms with Crippen molar-refractivity contribution in [2.45, 2.75) is 11.9 Å². The molecule has 2 aromatic carbocycles. The molecular weight excluding hydrogens is 344 g/mol. The molecule has 3 aromatic rings. The second kappa shape index (κ2) is 7.11. The van der Waals surface area contributed by atoms with Crippen LogP contribution in [0.2, 0.25) is 0 Å². The highest BCUT2D eigenvalue weighted by atomic mass is 32.2. The lowest BCUT2D eigenvalue weighted by molar-refractivity contribution is 0.0686. The molecule has 0 fully saturated rings. The summed E-state index contributed by atoms with van der Waals surface area (Å²) in [5.74, 6) is -1.03. The first-order chi connectivity index (χ1) is 12.5. The van der Waals surface area contributed by atoms with Crippen LogP contribution in [0.5, 0.6) is 0 Å². The summed E-state index contributed by atoms with van der Waals surface area (Å²) in [6, 6.07) is 15.9. The highest BCUT2D eigenvalue weighted by molar-refractivity contribution is 7.98. The third-order valence-electron chi connectivity index (χ3n) is 4.45. The maximum atomic E-state index is 11.8. The molecule has 0 aliphatic carbocycles. The molecule has 1 heterocycles. The van der Waals surface area contributed by atoms with Crippen molar-refractivity contribution in [1.82, 2.24) is 4.57 Å². The highest BCUT2D eigenvalue weighted by Crippen LogP contribution is 2.43. The minimum atomic E-state index is -1.03. The number of hydrogen-bond donors (Lipinski definition) is 1. The topological polar surface area (TPSA) is 46.6 Å². The van der Waals surface area contributed by atoms with Gasteiger partial charge in [-0.15, -0.1) is 11.8 Å². The molecule has 3 rings (SSSR count). The summed E-state index contributed by atoms with van der Waals surface area (Å²) in [6.07, 6.45) is 1.85. The van der Waals surface area contributed by atoms with Gasteiger partial charge in [0.15, 0.2) is 0 Å². The lowest BCUT2D eigenvalue weighted by Crippen LogP contribution is -2.06. The van der Waals surface area contributed by atoms with Crippen molar-refractivity contribution >= 4 is 23.4 Å². The first-order valence-electron chi connectivity index (χ1n) is 8.03. The van der Waals surface area contributed by atoms with Crippen LogP contribution >= 0.6 is 11.8 Å². The number of rotatable bonds is 4. The fourth-order valence-corrected chi connectivity index (χ4v) is 3.93. The number of carbonyl (C=O) groups is 1. The summed E-state index contributed by atoms with van der Waals surface area (Å²) in [5, 5.41) is 10.3. The Kier molecular flexibility index (Phi) is 4.88. The summed E-state index contributed by atoms with van der Waals surface area (Å²) < 4.78 is 1.59. The maximum absolute atomic E-state index is 11.8. The SMILES string of the molecule is [C-]#[N+]c1c(-c2ccc(-c3ccccc3C)cc2)c(C(=O)O)n(C)c1SC. The third-order valence-corrected chi connectivity index (χ3v) is 5.31. The van der Waals surface area contributed by atoms with Gasteiger partial charge in [-0.05, 0) is 35.4 Å². The van der Waals surface area contributed by atoms with Crippen LogP contribution < -0.4 is 0 Å². The number of thioether (sulfide) groups is 1. The van der Waals surface area contributed by atoms with Crippen LogP contribution in [0.1, 0.15) is 16.1 Å². The van der Waals surface area contributed by atoms with Gasteiger partial charge in [-0.2, -0.15) is 0 Å². The maximum Gasteiger partial charge on any atom is 0.351 e. The van der Waals surface area contributed by atoms with Gasteiger partial charge in [0.1, 0.15) is 5.69 Å². The Balaban J connectivity index is 2.18. The third kappa shape index (κ3) is 2.89. The predicted octanol–water partition coefficient (Wildman–Crippen LogP) is 5.64. The molecule has 0 aliphatic rings. The van der Waals surface area contributed by atoms with E-state index in [1.54, 1.807) is 11.6 Å². The number of carboxylic acid groups (broad SMARTS) is 1. The van der Waals surface area contributed by atoms with E-state index in [4.69, 9.17) is 6.57 Å². The number of aromatic carboxylic acids is 1. The van der Waals surface area contributed by atoms with Crippen molar-refractivity contribution in [3.05, 3.63) is 71.2 Å². The van der Waals surface area contributed by atoms with Gasteiger partial charge in [0.05, 0.1) is 11.6 Å². The number of aryl methyl sites for hydroxylation is 1. The average Bonchev–Trinajstić information content (AvgIpc) is 2.94. The molecule has 0 spiro atoms. The van der Waals surface area contributed by atoms with Gasteiger partial charge in [-0.25, -0.2) is 9.64 Å². The molecule has 5 heteroatoms. The van der Waals surface area contributed by atoms with Gasteiger partial charge < -0.3 is 9.67 Å². The largest absolute Gasteiger partial charge is 0.477 e. The van der Waals surface area contributed by atoms with Crippen LogP contribution in [0.15, 0.2) is 53.6 Å². The van der Waals surface area contributed by atoms with E-state index < -0.39 is 5.97 Å². The normalized spacial score (nSPS) is 10.5. The van der Waals surface area contributed by atoms with Gasteiger partial charge >= 0.3 is 5.97 Å². The molecule has 4 nitrogen and oxygen atoms in total. The quantitative estimate of drug-likeness (QED) is 0.483. The number of aromatic nitrogens is 1. The zero-order chi connectivity index (χ0) is 18.8. The summed E-state index contributed by atoms with van der Waals surface area (Å²) in [6.45, 7) is 9.60. The zero-order valence-corrected chi connectivity index (χ0v) is 15.6. The Bertz CT molecular complexity index is 1030. The molecule has 0 atom stereocenters. The molecule has 130 valence electrons. The fraction of sp³-hybridized carbons (Fsp3) is 0.143. The first kappa shape index (κ1) is 17.8. The fourth-order valence-electron chi connectivity index (χ4n) is 3.22. The lowest BCUT2D eigenvalue weighted by Gasteiger charge is -2.08. The number of carboxylic acids is 1. The van der Waals surface area contributed by atoms with Crippen molar-refractivity contribution in [2.75, 3.05) is 6.26 Å². The average molecular weight is 362 g/mol. The van der Waals surface area contributed by atoms with E-state index in [2.05, 4.69) is 23.9 Å². The van der Waals surface area contributed by atoms with Gasteiger partial charge in [0, 0.05) is 12.6 Å². The smallest absolute Gasteiger partial charge is 0.351 e. The summed E-state index contributed by atoms with van der Waals surface area (Å²) in [4.78, 5) is 15.4. The Morgan fingerprint density at radius 2 is 1.73 bits per heavy atom. The Morgan fingerprint density at radius 1 is 1.12 bits per heavy atom. The second-order valence-electron chi connectivity index (χ2n) is 5.95. The molecule has 0 saturated carbocycles. The van der Waals surface area contributed by atoms with Crippen molar-refractivity contribution < 1.29 is 9.90 Å². The zero-order valence-electron chi connectivity index (χ0n) is 14.8. The summed E-state index contributed by atoms with van der Waals surface area (Å²) >= 11 is 1.38. The number of benzene rings is 2. The van der Waals surface area contributed by atoms with E-state index in [9.17, 15) is 9.90 Å². The number of hydrogen-bond acceptors (Lipinski definition) is 2. The van der Waals surface area contributed by atoms with Gasteiger partial charge in [0.2, 0.25) is 5.69 Å². The van der Waals surface area contributed by atoms with E-state index in [0.717, 1.165) is 16.7 Å². The highest BCUT2D eigenvalue weighted by Gasteiger charge is 2.26. The minimum Gasteiger partial charge on any atom is -0.477 e. The Labute approximate surface area is 156 Å². The van der Waals surface area contributed by atoms with Crippen molar-refractivity contribution in [3.63, 3.8) is 0 Å². The lowest BCUT2D eigenvalue weighted by atomic mass is 9.97. The van der Waals surface area contributed by atoms with Crippen molar-refractivity contribution in [1.29, 1.82) is 0 Å². The molecule has 0 bridgehead atoms. The van der Waals surface area contributed by atoms with Gasteiger partial charge in [-0.3, -0.25) is 0 Å². The second-order valence-corrected chi connectivity index (χ2v) is 6.74. The van der Waals surface area contributed by atoms with Gasteiger partial charge in [0.25, 0.3) is 0 Å². The van der Waals surface area contributed by atoms with Crippen molar-refractivity contribution in [2.24, 2.45) is 7.05 Å². The van der Waals surface area contributed by atoms with E-state index >= 15 is 0 Å². The van der Waals surface area contributed by atoms with E-state index in [1.807, 2.05) is 42.7 Å². The first-order valence-corrected chi connectivity index (χ1v) is 9.26. The summed E-state index contributed by atoms with van der Waals surface area (Å²) in [5.41, 5.74) is 5.13. The van der Waals surface area contributed by atoms with E-state index in [1.165, 1.54) is 17.3 Å². The standard InChI is InChI=1S/C21H18N2O2S/c1-13-7-5-6-8-16(13)14-9-11-15(12-10-14)17-18(22-2)20(26-4)23(3)19(17)21(24)25/h5-12H,1,3-4H3,(H,24,25). The summed E-state index contributed by atoms with van der Waals surface area (Å²) in [7, 11) is 1.69. The van der Waals surface area contributed by atoms with Crippen LogP contribution in [0.3, 0.4) is 0 Å². The number of nitrogens with zero attached hydrogens (tertiary/aromatic N) is 2. The molecule has 0 aliphatic heterocycles. The minimum absolute atomic E-state index is 0.143. The molecule has 0 radical (unpaired) electrons. The van der Waals surface area contributed by atoms with Crippen LogP contribution in [0, 0.1) is 13.5 Å². The van der Waals surface area contributed by atoms with Crippen molar-refractivity contribution in [3.8, 4) is 22.3 Å². The molecule has 1 N–H and O–H groups in total. The molecule has 0 amide bonds. The molecular formula is C21H18N2O2S. The van der Waals surface area contributed by atoms with E-state index in [-0.39, 0.29) is 5.69 Å². The molecule has 0 saturated heterocycles. The monoisotopic (exact) mass is 362 g/mol. The molecule has 1 aromatic heterocycles. The van der Waals surface area contributed by atoms with Gasteiger partial charge in [-0.1, -0.05) is 48.5 Å².